The molecule has 0 saturated carbocycles. The number of carbonyl (C=O) groups excluding carboxylic acids is 9. The summed E-state index contributed by atoms with van der Waals surface area (Å²) in [6.45, 7) is 17.9. The number of hydrogen-bond donors (Lipinski definition) is 3. The van der Waals surface area contributed by atoms with Crippen LogP contribution >= 0.6 is 0 Å². The summed E-state index contributed by atoms with van der Waals surface area (Å²) in [6, 6.07) is 82.1. The van der Waals surface area contributed by atoms with Gasteiger partial charge in [0.25, 0.3) is 0 Å². The third-order valence-corrected chi connectivity index (χ3v) is 18.4. The van der Waals surface area contributed by atoms with E-state index in [1.165, 1.54) is 0 Å². The fourth-order valence-corrected chi connectivity index (χ4v) is 11.1. The predicted octanol–water partition coefficient (Wildman–Crippen LogP) is 18.4. The summed E-state index contributed by atoms with van der Waals surface area (Å²) in [4.78, 5) is 133. The second-order valence-electron chi connectivity index (χ2n) is 29.0. The van der Waals surface area contributed by atoms with Crippen molar-refractivity contribution in [2.45, 2.75) is 108 Å². The van der Waals surface area contributed by atoms with Crippen molar-refractivity contribution < 1.29 is 126 Å². The Hall–Kier alpha value is -13.9. The minimum absolute atomic E-state index is 0. The Kier molecular flexibility index (Phi) is 44.2. The van der Waals surface area contributed by atoms with Crippen LogP contribution in [0.3, 0.4) is 0 Å². The minimum Gasteiger partial charge on any atom is -0.463 e. The normalized spacial score (nSPS) is 10.8. The number of nitrogens with one attached hydrogen (secondary N) is 3. The zero-order valence-electron chi connectivity index (χ0n) is 72.9. The molecule has 0 aliphatic carbocycles. The van der Waals surface area contributed by atoms with Crippen LogP contribution in [0.1, 0.15) is 108 Å². The van der Waals surface area contributed by atoms with E-state index in [4.69, 9.17) is 42.6 Å². The number of amides is 3. The van der Waals surface area contributed by atoms with Crippen molar-refractivity contribution >= 4 is 54.1 Å². The van der Waals surface area contributed by atoms with Gasteiger partial charge in [-0.1, -0.05) is 107 Å². The molecule has 6 aromatic carbocycles. The second-order valence-corrected chi connectivity index (χ2v) is 29.0. The van der Waals surface area contributed by atoms with Crippen LogP contribution in [0.5, 0.6) is 34.5 Å². The van der Waals surface area contributed by atoms with Crippen LogP contribution in [0, 0.1) is 52.6 Å². The van der Waals surface area contributed by atoms with E-state index in [0.717, 1.165) is 45.0 Å². The number of nitrogens with zero attached hydrogens (tertiary/aromatic N) is 6. The maximum atomic E-state index is 13.1. The van der Waals surface area contributed by atoms with Gasteiger partial charge in [0.1, 0.15) is 19.8 Å². The number of benzene rings is 6. The van der Waals surface area contributed by atoms with Crippen LogP contribution in [0.4, 0.5) is 14.4 Å². The molecule has 0 radical (unpaired) electrons. The molecule has 0 spiro atoms. The molecule has 1 unspecified atom stereocenters. The van der Waals surface area contributed by atoms with Gasteiger partial charge in [-0.25, -0.2) is 14.4 Å². The molecule has 3 amide bonds. The zero-order valence-corrected chi connectivity index (χ0v) is 77.7. The molecule has 0 bridgehead atoms. The van der Waals surface area contributed by atoms with Gasteiger partial charge in [0, 0.05) is 56.4 Å². The molecule has 0 aliphatic rings. The number of ether oxygens (including phenoxy) is 9. The number of aromatic nitrogens is 6. The summed E-state index contributed by atoms with van der Waals surface area (Å²) in [7, 11) is 0. The van der Waals surface area contributed by atoms with E-state index in [1.54, 1.807) is 200 Å². The number of rotatable bonds is 31. The smallest absolute Gasteiger partial charge is 0.463 e. The van der Waals surface area contributed by atoms with E-state index in [2.05, 4.69) is 82.3 Å². The Morgan fingerprint density at radius 2 is 0.519 bits per heavy atom. The van der Waals surface area contributed by atoms with Gasteiger partial charge >= 0.3 is 94.3 Å². The van der Waals surface area contributed by atoms with Gasteiger partial charge in [-0.15, -0.1) is 179 Å². The first-order valence-electron chi connectivity index (χ1n) is 40.9. The molecule has 12 rings (SSSR count). The molecule has 0 saturated heterocycles. The molecule has 27 nitrogen and oxygen atoms in total. The quantitative estimate of drug-likeness (QED) is 0.0119. The Morgan fingerprint density at radius 3 is 0.729 bits per heavy atom. The molecule has 6 aromatic heterocycles. The first-order valence-corrected chi connectivity index (χ1v) is 40.9. The number of hydrogen-bond acceptors (Lipinski definition) is 24. The van der Waals surface area contributed by atoms with E-state index in [1.807, 2.05) is 125 Å². The monoisotopic (exact) mass is 2100 g/mol. The molecule has 3 N–H and O–H groups in total. The zero-order chi connectivity index (χ0) is 91.2. The van der Waals surface area contributed by atoms with Crippen molar-refractivity contribution in [2.75, 3.05) is 39.5 Å². The van der Waals surface area contributed by atoms with Crippen LogP contribution < -0.4 is 44.4 Å². The third kappa shape index (κ3) is 36.2. The molecular formula is C100H99Ir2N9O18. The van der Waals surface area contributed by atoms with Crippen LogP contribution in [0.25, 0.3) is 67.5 Å². The van der Waals surface area contributed by atoms with Gasteiger partial charge in [-0.05, 0) is 124 Å². The van der Waals surface area contributed by atoms with Gasteiger partial charge in [-0.2, -0.15) is 0 Å². The van der Waals surface area contributed by atoms with E-state index in [-0.39, 0.29) is 110 Å². The van der Waals surface area contributed by atoms with Crippen LogP contribution in [-0.4, -0.2) is 123 Å². The van der Waals surface area contributed by atoms with Crippen molar-refractivity contribution in [3.8, 4) is 102 Å². The molecule has 670 valence electrons. The average Bonchev–Trinajstić information content (AvgIpc) is 0.815. The topological polar surface area (TPSA) is 350 Å². The molecule has 29 heteroatoms. The van der Waals surface area contributed by atoms with Gasteiger partial charge < -0.3 is 88.5 Å². The van der Waals surface area contributed by atoms with E-state index >= 15 is 0 Å². The number of pyridine rings is 6. The standard InChI is InChI=1S/C38H40N4O8.C20H23N2O4.3C14H12NO2.2Ir/c1-5-38(4,34(44)48-23-21-42-36(46)50-30-15-11-13-28(25-30)32-17-7-9-19-40-32)26-37(2,3)33(43)47-22-20-41-35(45)49-29-14-10-12-27(24-29)31-16-6-8-18-39-31;1-4-20(2,3)18(23)25-13-12-22-19(24)26-16-9-7-8-15(14-16)17-10-5-6-11-21-17;3*1-2-14(16)17-12-7-5-6-11(10-12)13-8-3-4-9-15-13;;/h6-11,14-19,24-25H,5,20-23,26H2,1-4H3,(H,41,45)(H,42,46);5-7,9-11,14H,4,12-13H2,1-3H3,(H,22,24);3*3-5,7-10H,2H2,1H3;;/q-2;4*-1;2*+3. The van der Waals surface area contributed by atoms with Crippen molar-refractivity contribution in [1.82, 2.24) is 45.9 Å². The number of carbonyl (C=O) groups is 9. The first-order chi connectivity index (χ1) is 61.3. The van der Waals surface area contributed by atoms with Crippen molar-refractivity contribution in [1.29, 1.82) is 0 Å². The summed E-state index contributed by atoms with van der Waals surface area (Å²) in [5.74, 6) is 0.502. The average molecular weight is 2100 g/mol. The molecule has 12 aromatic rings. The fourth-order valence-electron chi connectivity index (χ4n) is 11.1. The van der Waals surface area contributed by atoms with Gasteiger partial charge in [0.05, 0.1) is 70.4 Å². The Bertz CT molecular complexity index is 5290. The Morgan fingerprint density at radius 1 is 0.295 bits per heavy atom. The first kappa shape index (κ1) is 104. The maximum Gasteiger partial charge on any atom is 3.00 e. The number of esters is 6. The van der Waals surface area contributed by atoms with Crippen LogP contribution in [0.2, 0.25) is 0 Å². The maximum absolute atomic E-state index is 13.1. The Labute approximate surface area is 778 Å². The SMILES string of the molecule is CCC(=O)Oc1cc[c-]c(-c2ccccn2)c1.CCC(=O)Oc1cc[c-]c(-c2ccccn2)c1.CCC(=O)Oc1cc[c-]c(-c2ccccn2)c1.CCC(C)(C)C(=O)OCCNC(=O)Oc1cc[c-]c(-c2ccccn2)c1.CCC(C)(CC(C)(C)C(=O)OCCNC(=O)Oc1cc[c-]c(-c2ccccn2)c1)C(=O)OCCNC(=O)Oc1cc[c-]c(-c2ccccn2)c1.[Ir+3].[Ir+3]. The van der Waals surface area contributed by atoms with Crippen molar-refractivity contribution in [3.63, 3.8) is 0 Å². The summed E-state index contributed by atoms with van der Waals surface area (Å²) in [5.41, 5.74) is 6.47. The van der Waals surface area contributed by atoms with Crippen molar-refractivity contribution in [3.05, 3.63) is 292 Å². The Balaban J connectivity index is 0.000000271. The third-order valence-electron chi connectivity index (χ3n) is 18.4. The van der Waals surface area contributed by atoms with Gasteiger partial charge in [-0.3, -0.25) is 28.8 Å². The van der Waals surface area contributed by atoms with E-state index in [9.17, 15) is 43.2 Å². The predicted molar refractivity (Wildman–Crippen MR) is 475 cm³/mol. The summed E-state index contributed by atoms with van der Waals surface area (Å²) in [6.07, 6.45) is 10.4. The van der Waals surface area contributed by atoms with Gasteiger partial charge in [0.15, 0.2) is 0 Å². The molecule has 0 fully saturated rings. The molecule has 129 heavy (non-hydrogen) atoms. The fraction of sp³-hybridized carbons (Fsp3) is 0.250. The largest absolute Gasteiger partial charge is 3.00 e. The van der Waals surface area contributed by atoms with E-state index < -0.39 is 46.5 Å². The van der Waals surface area contributed by atoms with Crippen molar-refractivity contribution in [2.24, 2.45) is 16.2 Å². The van der Waals surface area contributed by atoms with Gasteiger partial charge in [0.2, 0.25) is 0 Å². The second kappa shape index (κ2) is 54.9. The summed E-state index contributed by atoms with van der Waals surface area (Å²) < 4.78 is 47.4. The molecule has 6 heterocycles. The molecule has 1 atom stereocenters. The molecular weight excluding hydrogens is 2000 g/mol. The summed E-state index contributed by atoms with van der Waals surface area (Å²) >= 11 is 0. The van der Waals surface area contributed by atoms with E-state index in [0.29, 0.717) is 89.1 Å². The summed E-state index contributed by atoms with van der Waals surface area (Å²) in [5, 5.41) is 7.66. The van der Waals surface area contributed by atoms with Crippen LogP contribution in [-0.2, 0) is 83.2 Å². The van der Waals surface area contributed by atoms with Crippen LogP contribution in [0.15, 0.2) is 256 Å². The molecule has 0 aliphatic heterocycles. The minimum atomic E-state index is -1.05.